The van der Waals surface area contributed by atoms with Crippen LogP contribution in [0.3, 0.4) is 0 Å². The Morgan fingerprint density at radius 2 is 2.20 bits per heavy atom. The van der Waals surface area contributed by atoms with Crippen molar-refractivity contribution < 1.29 is 0 Å². The van der Waals surface area contributed by atoms with Crippen LogP contribution in [0.5, 0.6) is 0 Å². The van der Waals surface area contributed by atoms with Crippen LogP contribution in [0.25, 0.3) is 0 Å². The van der Waals surface area contributed by atoms with Crippen LogP contribution in [0.15, 0.2) is 10.4 Å². The smallest absolute Gasteiger partial charge is 0.191 e. The predicted octanol–water partition coefficient (Wildman–Crippen LogP) is 1.88. The van der Waals surface area contributed by atoms with E-state index in [2.05, 4.69) is 58.7 Å². The van der Waals surface area contributed by atoms with Gasteiger partial charge in [-0.15, -0.1) is 11.3 Å². The zero-order valence-corrected chi connectivity index (χ0v) is 14.0. The van der Waals surface area contributed by atoms with Crippen LogP contribution >= 0.6 is 11.3 Å². The van der Waals surface area contributed by atoms with Crippen LogP contribution in [-0.2, 0) is 6.54 Å². The number of guanidine groups is 1. The van der Waals surface area contributed by atoms with Crippen LogP contribution < -0.4 is 10.6 Å². The normalized spacial score (nSPS) is 12.2. The van der Waals surface area contributed by atoms with Crippen molar-refractivity contribution in [3.8, 4) is 0 Å². The van der Waals surface area contributed by atoms with Crippen molar-refractivity contribution in [1.29, 1.82) is 0 Å². The lowest BCUT2D eigenvalue weighted by Gasteiger charge is -2.16. The molecule has 1 rings (SSSR count). The van der Waals surface area contributed by atoms with Gasteiger partial charge in [-0.1, -0.05) is 20.8 Å². The monoisotopic (exact) mass is 297 g/mol. The Morgan fingerprint density at radius 3 is 2.75 bits per heavy atom. The van der Waals surface area contributed by atoms with Gasteiger partial charge in [0.25, 0.3) is 0 Å². The summed E-state index contributed by atoms with van der Waals surface area (Å²) in [5.41, 5.74) is 1.17. The summed E-state index contributed by atoms with van der Waals surface area (Å²) in [4.78, 5) is 11.1. The zero-order valence-electron chi connectivity index (χ0n) is 13.2. The molecule has 6 heteroatoms. The SMILES string of the molecule is CCN(C)CCNC(=NC)NCc1nc(C(C)C)cs1. The third kappa shape index (κ3) is 5.88. The van der Waals surface area contributed by atoms with Crippen LogP contribution in [0, 0.1) is 0 Å². The molecule has 2 N–H and O–H groups in total. The number of hydrogen-bond donors (Lipinski definition) is 2. The summed E-state index contributed by atoms with van der Waals surface area (Å²) in [7, 11) is 3.90. The lowest BCUT2D eigenvalue weighted by molar-refractivity contribution is 0.357. The van der Waals surface area contributed by atoms with Gasteiger partial charge in [0.1, 0.15) is 5.01 Å². The summed E-state index contributed by atoms with van der Waals surface area (Å²) in [5.74, 6) is 1.32. The van der Waals surface area contributed by atoms with Crippen LogP contribution in [-0.4, -0.2) is 49.6 Å². The Balaban J connectivity index is 2.33. The number of likely N-dealkylation sites (N-methyl/N-ethyl adjacent to an activating group) is 1. The number of aromatic nitrogens is 1. The fourth-order valence-corrected chi connectivity index (χ4v) is 2.47. The van der Waals surface area contributed by atoms with E-state index in [0.717, 1.165) is 37.1 Å². The van der Waals surface area contributed by atoms with Gasteiger partial charge in [-0.05, 0) is 19.5 Å². The molecular weight excluding hydrogens is 270 g/mol. The molecule has 0 atom stereocenters. The minimum absolute atomic E-state index is 0.488. The maximum absolute atomic E-state index is 4.60. The first-order valence-electron chi connectivity index (χ1n) is 7.14. The fraction of sp³-hybridized carbons (Fsp3) is 0.714. The molecule has 20 heavy (non-hydrogen) atoms. The van der Waals surface area contributed by atoms with Gasteiger partial charge in [0.15, 0.2) is 5.96 Å². The molecule has 1 aromatic rings. The molecule has 0 amide bonds. The first-order chi connectivity index (χ1) is 9.56. The molecule has 1 heterocycles. The quantitative estimate of drug-likeness (QED) is 0.596. The number of hydrogen-bond acceptors (Lipinski definition) is 4. The molecular formula is C14H27N5S. The second-order valence-electron chi connectivity index (χ2n) is 5.07. The van der Waals surface area contributed by atoms with Gasteiger partial charge in [-0.3, -0.25) is 4.99 Å². The third-order valence-electron chi connectivity index (χ3n) is 3.12. The molecule has 0 saturated heterocycles. The van der Waals surface area contributed by atoms with Crippen molar-refractivity contribution in [3.63, 3.8) is 0 Å². The van der Waals surface area contributed by atoms with E-state index in [1.807, 2.05) is 0 Å². The summed E-state index contributed by atoms with van der Waals surface area (Å²) < 4.78 is 0. The van der Waals surface area contributed by atoms with E-state index in [4.69, 9.17) is 0 Å². The first-order valence-corrected chi connectivity index (χ1v) is 8.02. The van der Waals surface area contributed by atoms with Gasteiger partial charge in [0.2, 0.25) is 0 Å². The lowest BCUT2D eigenvalue weighted by atomic mass is 10.2. The van der Waals surface area contributed by atoms with Gasteiger partial charge in [-0.2, -0.15) is 0 Å². The van der Waals surface area contributed by atoms with Crippen molar-refractivity contribution in [2.45, 2.75) is 33.2 Å². The zero-order chi connectivity index (χ0) is 15.0. The molecule has 0 spiro atoms. The average Bonchev–Trinajstić information content (AvgIpc) is 2.91. The first kappa shape index (κ1) is 16.9. The molecule has 0 radical (unpaired) electrons. The number of thiazole rings is 1. The largest absolute Gasteiger partial charge is 0.355 e. The van der Waals surface area contributed by atoms with Gasteiger partial charge in [-0.25, -0.2) is 4.98 Å². The lowest BCUT2D eigenvalue weighted by Crippen LogP contribution is -2.40. The summed E-state index contributed by atoms with van der Waals surface area (Å²) in [5, 5.41) is 9.84. The highest BCUT2D eigenvalue weighted by Crippen LogP contribution is 2.17. The van der Waals surface area contributed by atoms with E-state index in [1.54, 1.807) is 18.4 Å². The van der Waals surface area contributed by atoms with Crippen molar-refractivity contribution >= 4 is 17.3 Å². The van der Waals surface area contributed by atoms with E-state index in [-0.39, 0.29) is 0 Å². The van der Waals surface area contributed by atoms with Crippen LogP contribution in [0.2, 0.25) is 0 Å². The summed E-state index contributed by atoms with van der Waals surface area (Å²) in [6.07, 6.45) is 0. The van der Waals surface area contributed by atoms with Crippen LogP contribution in [0.1, 0.15) is 37.4 Å². The maximum Gasteiger partial charge on any atom is 0.191 e. The molecule has 5 nitrogen and oxygen atoms in total. The maximum atomic E-state index is 4.60. The van der Waals surface area contributed by atoms with Crippen molar-refractivity contribution in [3.05, 3.63) is 16.1 Å². The van der Waals surface area contributed by atoms with Crippen molar-refractivity contribution in [2.75, 3.05) is 33.7 Å². The van der Waals surface area contributed by atoms with Gasteiger partial charge >= 0.3 is 0 Å². The van der Waals surface area contributed by atoms with Crippen LogP contribution in [0.4, 0.5) is 0 Å². The van der Waals surface area contributed by atoms with Gasteiger partial charge < -0.3 is 15.5 Å². The Bertz CT molecular complexity index is 413. The van der Waals surface area contributed by atoms with Gasteiger partial charge in [0.05, 0.1) is 12.2 Å². The molecule has 0 aliphatic rings. The number of aliphatic imine (C=N–C) groups is 1. The predicted molar refractivity (Wildman–Crippen MR) is 87.6 cm³/mol. The Morgan fingerprint density at radius 1 is 1.45 bits per heavy atom. The minimum atomic E-state index is 0.488. The summed E-state index contributed by atoms with van der Waals surface area (Å²) in [6.45, 7) is 10.2. The second-order valence-corrected chi connectivity index (χ2v) is 6.01. The molecule has 0 aromatic carbocycles. The third-order valence-corrected chi connectivity index (χ3v) is 3.98. The van der Waals surface area contributed by atoms with E-state index in [9.17, 15) is 0 Å². The summed E-state index contributed by atoms with van der Waals surface area (Å²) >= 11 is 1.70. The number of nitrogens with one attached hydrogen (secondary N) is 2. The average molecular weight is 297 g/mol. The molecule has 0 unspecified atom stereocenters. The van der Waals surface area contributed by atoms with E-state index in [1.165, 1.54) is 5.69 Å². The number of rotatable bonds is 7. The number of nitrogens with zero attached hydrogens (tertiary/aromatic N) is 3. The highest BCUT2D eigenvalue weighted by Gasteiger charge is 2.06. The second kappa shape index (κ2) is 8.92. The van der Waals surface area contributed by atoms with Gasteiger partial charge in [0, 0.05) is 25.5 Å². The van der Waals surface area contributed by atoms with E-state index >= 15 is 0 Å². The molecule has 0 fully saturated rings. The molecule has 1 aromatic heterocycles. The molecule has 0 bridgehead atoms. The molecule has 0 aliphatic carbocycles. The van der Waals surface area contributed by atoms with Crippen molar-refractivity contribution in [1.82, 2.24) is 20.5 Å². The summed E-state index contributed by atoms with van der Waals surface area (Å²) in [6, 6.07) is 0. The van der Waals surface area contributed by atoms with E-state index in [0.29, 0.717) is 5.92 Å². The molecule has 0 saturated carbocycles. The molecule has 114 valence electrons. The topological polar surface area (TPSA) is 52.5 Å². The van der Waals surface area contributed by atoms with Crippen molar-refractivity contribution in [2.24, 2.45) is 4.99 Å². The highest BCUT2D eigenvalue weighted by atomic mass is 32.1. The Hall–Kier alpha value is -1.14. The highest BCUT2D eigenvalue weighted by molar-refractivity contribution is 7.09. The van der Waals surface area contributed by atoms with E-state index < -0.39 is 0 Å². The molecule has 0 aliphatic heterocycles. The fourth-order valence-electron chi connectivity index (χ4n) is 1.57. The standard InChI is InChI=1S/C14H27N5S/c1-6-19(5)8-7-16-14(15-4)17-9-13-18-12(10-20-13)11(2)3/h10-11H,6-9H2,1-5H3,(H2,15,16,17). The minimum Gasteiger partial charge on any atom is -0.355 e. The Labute approximate surface area is 126 Å². The Kier molecular flexibility index (Phi) is 7.54.